The maximum Gasteiger partial charge on any atom is 0.243 e. The summed E-state index contributed by atoms with van der Waals surface area (Å²) >= 11 is 0. The van der Waals surface area contributed by atoms with Gasteiger partial charge in [-0.05, 0) is 17.7 Å². The van der Waals surface area contributed by atoms with Crippen LogP contribution < -0.4 is 10.5 Å². The zero-order valence-corrected chi connectivity index (χ0v) is 14.1. The van der Waals surface area contributed by atoms with Crippen LogP contribution in [-0.2, 0) is 0 Å². The quantitative estimate of drug-likeness (QED) is 0.766. The summed E-state index contributed by atoms with van der Waals surface area (Å²) < 4.78 is 34.4. The molecule has 0 aliphatic carbocycles. The maximum absolute atomic E-state index is 14.7. The average molecular weight is 358 g/mol. The first kappa shape index (κ1) is 16.4. The van der Waals surface area contributed by atoms with Crippen LogP contribution in [0.3, 0.4) is 0 Å². The number of rotatable bonds is 4. The van der Waals surface area contributed by atoms with Gasteiger partial charge in [-0.25, -0.2) is 8.91 Å². The van der Waals surface area contributed by atoms with E-state index in [4.69, 9.17) is 10.5 Å². The summed E-state index contributed by atoms with van der Waals surface area (Å²) in [6, 6.07) is 4.86. The summed E-state index contributed by atoms with van der Waals surface area (Å²) in [5.41, 5.74) is 8.29. The standard InChI is InChI=1S/C17H16F2N6O/c1-8(6-18)14-10-5-9(3-4-12(10)22-23-14)13-11(19)7-25-15(13)16(26-2)21-17(20)24-25/h3-5,7-8,14H,6H2,1-2H3,(H2,20,24)/t8-,14?/m1/s1. The second-order valence-electron chi connectivity index (χ2n) is 6.19. The Morgan fingerprint density at radius 3 is 2.92 bits per heavy atom. The summed E-state index contributed by atoms with van der Waals surface area (Å²) in [6.45, 7) is 1.25. The lowest BCUT2D eigenvalue weighted by molar-refractivity contribution is 0.339. The Kier molecular flexibility index (Phi) is 3.78. The van der Waals surface area contributed by atoms with Crippen molar-refractivity contribution in [3.8, 4) is 17.0 Å². The summed E-state index contributed by atoms with van der Waals surface area (Å²) in [4.78, 5) is 4.02. The third-order valence-electron chi connectivity index (χ3n) is 4.47. The zero-order valence-electron chi connectivity index (χ0n) is 14.1. The smallest absolute Gasteiger partial charge is 0.243 e. The van der Waals surface area contributed by atoms with Crippen molar-refractivity contribution in [2.75, 3.05) is 19.5 Å². The van der Waals surface area contributed by atoms with E-state index in [0.29, 0.717) is 16.8 Å². The van der Waals surface area contributed by atoms with Gasteiger partial charge in [0.15, 0.2) is 5.82 Å². The van der Waals surface area contributed by atoms with Gasteiger partial charge in [-0.1, -0.05) is 13.0 Å². The average Bonchev–Trinajstić information content (AvgIpc) is 3.19. The molecule has 0 radical (unpaired) electrons. The number of azo groups is 1. The molecule has 9 heteroatoms. The topological polar surface area (TPSA) is 90.2 Å². The third kappa shape index (κ3) is 2.39. The number of fused-ring (bicyclic) bond motifs is 2. The first-order valence-corrected chi connectivity index (χ1v) is 8.03. The van der Waals surface area contributed by atoms with Crippen LogP contribution in [0.25, 0.3) is 16.6 Å². The summed E-state index contributed by atoms with van der Waals surface area (Å²) in [6.07, 6.45) is 1.22. The Morgan fingerprint density at radius 1 is 1.38 bits per heavy atom. The molecule has 0 bridgehead atoms. The van der Waals surface area contributed by atoms with Crippen molar-refractivity contribution in [3.05, 3.63) is 35.8 Å². The molecular weight excluding hydrogens is 342 g/mol. The van der Waals surface area contributed by atoms with E-state index in [1.165, 1.54) is 17.8 Å². The molecule has 0 saturated heterocycles. The first-order chi connectivity index (χ1) is 12.5. The van der Waals surface area contributed by atoms with Crippen LogP contribution in [0.2, 0.25) is 0 Å². The highest BCUT2D eigenvalue weighted by molar-refractivity contribution is 5.86. The number of hydrogen-bond donors (Lipinski definition) is 1. The van der Waals surface area contributed by atoms with E-state index in [-0.39, 0.29) is 29.4 Å². The third-order valence-corrected chi connectivity index (χ3v) is 4.47. The number of nitrogen functional groups attached to an aromatic ring is 1. The van der Waals surface area contributed by atoms with E-state index < -0.39 is 12.5 Å². The lowest BCUT2D eigenvalue weighted by Crippen LogP contribution is -2.07. The van der Waals surface area contributed by atoms with E-state index in [2.05, 4.69) is 20.3 Å². The number of ether oxygens (including phenoxy) is 1. The molecule has 0 saturated carbocycles. The number of methoxy groups -OCH3 is 1. The van der Waals surface area contributed by atoms with Crippen molar-refractivity contribution < 1.29 is 13.5 Å². The molecule has 1 unspecified atom stereocenters. The highest BCUT2D eigenvalue weighted by Crippen LogP contribution is 2.43. The zero-order chi connectivity index (χ0) is 18.4. The molecule has 1 aliphatic heterocycles. The van der Waals surface area contributed by atoms with E-state index in [9.17, 15) is 8.78 Å². The SMILES string of the molecule is COc1nc(N)nn2cc(F)c(-c3ccc4c(c3)C([C@H](C)CF)N=N4)c12. The van der Waals surface area contributed by atoms with Gasteiger partial charge in [-0.2, -0.15) is 15.2 Å². The van der Waals surface area contributed by atoms with Gasteiger partial charge in [0.2, 0.25) is 11.8 Å². The molecule has 26 heavy (non-hydrogen) atoms. The highest BCUT2D eigenvalue weighted by Gasteiger charge is 2.28. The molecule has 2 atom stereocenters. The predicted molar refractivity (Wildman–Crippen MR) is 91.7 cm³/mol. The molecule has 0 spiro atoms. The largest absolute Gasteiger partial charge is 0.479 e. The predicted octanol–water partition coefficient (Wildman–Crippen LogP) is 3.87. The van der Waals surface area contributed by atoms with Gasteiger partial charge >= 0.3 is 0 Å². The molecule has 1 aromatic carbocycles. The lowest BCUT2D eigenvalue weighted by atomic mass is 9.93. The molecule has 1 aliphatic rings. The van der Waals surface area contributed by atoms with Crippen molar-refractivity contribution in [1.82, 2.24) is 14.6 Å². The molecular formula is C17H16F2N6O. The maximum atomic E-state index is 14.7. The Hall–Kier alpha value is -3.10. The van der Waals surface area contributed by atoms with Crippen molar-refractivity contribution in [3.63, 3.8) is 0 Å². The Bertz CT molecular complexity index is 1030. The molecule has 0 fully saturated rings. The van der Waals surface area contributed by atoms with Crippen molar-refractivity contribution in [2.24, 2.45) is 16.1 Å². The summed E-state index contributed by atoms with van der Waals surface area (Å²) in [5.74, 6) is -0.673. The van der Waals surface area contributed by atoms with E-state index in [0.717, 1.165) is 5.56 Å². The highest BCUT2D eigenvalue weighted by atomic mass is 19.1. The summed E-state index contributed by atoms with van der Waals surface area (Å²) in [7, 11) is 1.43. The molecule has 3 aromatic rings. The Morgan fingerprint density at radius 2 is 2.19 bits per heavy atom. The molecule has 7 nitrogen and oxygen atoms in total. The van der Waals surface area contributed by atoms with Gasteiger partial charge in [-0.3, -0.25) is 4.39 Å². The lowest BCUT2D eigenvalue weighted by Gasteiger charge is -2.14. The molecule has 3 heterocycles. The minimum Gasteiger partial charge on any atom is -0.479 e. The van der Waals surface area contributed by atoms with Crippen molar-refractivity contribution >= 4 is 17.2 Å². The fourth-order valence-corrected chi connectivity index (χ4v) is 3.18. The number of nitrogens with two attached hydrogens (primary N) is 1. The minimum absolute atomic E-state index is 0.0284. The normalized spacial score (nSPS) is 16.8. The number of benzene rings is 1. The van der Waals surface area contributed by atoms with Gasteiger partial charge in [0.1, 0.15) is 11.6 Å². The first-order valence-electron chi connectivity index (χ1n) is 8.03. The number of aromatic nitrogens is 3. The minimum atomic E-state index is -0.516. The van der Waals surface area contributed by atoms with Gasteiger partial charge in [0, 0.05) is 11.5 Å². The van der Waals surface area contributed by atoms with Crippen LogP contribution in [-0.4, -0.2) is 28.4 Å². The van der Waals surface area contributed by atoms with Gasteiger partial charge in [-0.15, -0.1) is 5.10 Å². The van der Waals surface area contributed by atoms with Crippen LogP contribution in [0.15, 0.2) is 34.6 Å². The van der Waals surface area contributed by atoms with Gasteiger partial charge in [0.25, 0.3) is 0 Å². The summed E-state index contributed by atoms with van der Waals surface area (Å²) in [5, 5.41) is 12.2. The fourth-order valence-electron chi connectivity index (χ4n) is 3.18. The molecule has 4 rings (SSSR count). The molecule has 0 amide bonds. The second-order valence-corrected chi connectivity index (χ2v) is 6.19. The molecule has 2 N–H and O–H groups in total. The van der Waals surface area contributed by atoms with Crippen molar-refractivity contribution in [2.45, 2.75) is 13.0 Å². The van der Waals surface area contributed by atoms with Crippen LogP contribution in [0.1, 0.15) is 18.5 Å². The molecule has 134 valence electrons. The van der Waals surface area contributed by atoms with E-state index >= 15 is 0 Å². The van der Waals surface area contributed by atoms with E-state index in [1.807, 2.05) is 0 Å². The number of alkyl halides is 1. The van der Waals surface area contributed by atoms with Gasteiger partial charge < -0.3 is 10.5 Å². The number of anilines is 1. The van der Waals surface area contributed by atoms with Gasteiger partial charge in [0.05, 0.1) is 31.2 Å². The second kappa shape index (κ2) is 6.01. The van der Waals surface area contributed by atoms with Crippen molar-refractivity contribution in [1.29, 1.82) is 0 Å². The van der Waals surface area contributed by atoms with Crippen LogP contribution in [0, 0.1) is 11.7 Å². The van der Waals surface area contributed by atoms with Crippen LogP contribution in [0.4, 0.5) is 20.4 Å². The fraction of sp³-hybridized carbons (Fsp3) is 0.294. The Balaban J connectivity index is 1.91. The Labute approximate surface area is 147 Å². The van der Waals surface area contributed by atoms with E-state index in [1.54, 1.807) is 25.1 Å². The number of nitrogens with zero attached hydrogens (tertiary/aromatic N) is 5. The number of hydrogen-bond acceptors (Lipinski definition) is 6. The monoisotopic (exact) mass is 358 g/mol. The molecule has 2 aromatic heterocycles. The van der Waals surface area contributed by atoms with Crippen LogP contribution >= 0.6 is 0 Å². The number of halogens is 2. The van der Waals surface area contributed by atoms with Crippen LogP contribution in [0.5, 0.6) is 5.88 Å².